The Morgan fingerprint density at radius 2 is 1.45 bits per heavy atom. The highest BCUT2D eigenvalue weighted by atomic mass is 16.6. The average molecular weight is 429 g/mol. The van der Waals surface area contributed by atoms with Crippen LogP contribution in [0.4, 0.5) is 17.3 Å². The van der Waals surface area contributed by atoms with Gasteiger partial charge in [0.05, 0.1) is 27.8 Å². The number of non-ortho nitro benzene ring substituents is 1. The summed E-state index contributed by atoms with van der Waals surface area (Å²) in [7, 11) is 0. The van der Waals surface area contributed by atoms with Gasteiger partial charge in [0.25, 0.3) is 5.69 Å². The van der Waals surface area contributed by atoms with Crippen LogP contribution in [0.3, 0.4) is 0 Å². The van der Waals surface area contributed by atoms with Gasteiger partial charge in [0.1, 0.15) is 0 Å². The van der Waals surface area contributed by atoms with E-state index in [0.29, 0.717) is 61.4 Å². The van der Waals surface area contributed by atoms with Crippen molar-refractivity contribution < 1.29 is 24.7 Å². The first kappa shape index (κ1) is 20.8. The highest BCUT2D eigenvalue weighted by molar-refractivity contribution is 5.83. The van der Waals surface area contributed by atoms with Gasteiger partial charge in [-0.15, -0.1) is 0 Å². The van der Waals surface area contributed by atoms with E-state index in [9.17, 15) is 29.9 Å². The first-order chi connectivity index (χ1) is 14.8. The minimum atomic E-state index is -0.875. The number of piperidine rings is 2. The second-order valence-corrected chi connectivity index (χ2v) is 8.05. The summed E-state index contributed by atoms with van der Waals surface area (Å²) in [5, 5.41) is 30.1. The molecule has 2 unspecified atom stereocenters. The van der Waals surface area contributed by atoms with Crippen molar-refractivity contribution in [3.8, 4) is 0 Å². The van der Waals surface area contributed by atoms with E-state index >= 15 is 0 Å². The number of carboxylic acid groups (broad SMARTS) is 2. The van der Waals surface area contributed by atoms with Crippen molar-refractivity contribution in [3.63, 3.8) is 0 Å². The molecule has 2 aliphatic heterocycles. The topological polar surface area (TPSA) is 150 Å². The summed E-state index contributed by atoms with van der Waals surface area (Å²) in [5.41, 5.74) is 0.706. The summed E-state index contributed by atoms with van der Waals surface area (Å²) in [4.78, 5) is 46.9. The number of carboxylic acids is 2. The molecular formula is C20H23N5O6. The zero-order chi connectivity index (χ0) is 22.1. The lowest BCUT2D eigenvalue weighted by molar-refractivity contribution is -0.384. The van der Waals surface area contributed by atoms with Crippen LogP contribution in [0, 0.1) is 22.0 Å². The molecule has 31 heavy (non-hydrogen) atoms. The van der Waals surface area contributed by atoms with Gasteiger partial charge >= 0.3 is 11.9 Å². The maximum Gasteiger partial charge on any atom is 0.308 e. The molecule has 1 aromatic heterocycles. The number of hydrogen-bond acceptors (Lipinski definition) is 8. The fraction of sp³-hybridized carbons (Fsp3) is 0.500. The molecule has 1 aromatic carbocycles. The third-order valence-corrected chi connectivity index (χ3v) is 5.96. The summed E-state index contributed by atoms with van der Waals surface area (Å²) in [6.45, 7) is 1.74. The molecule has 4 rings (SSSR count). The average Bonchev–Trinajstić information content (AvgIpc) is 2.77. The van der Waals surface area contributed by atoms with Crippen LogP contribution in [-0.2, 0) is 9.59 Å². The number of nitro benzene ring substituents is 1. The third-order valence-electron chi connectivity index (χ3n) is 5.96. The molecule has 164 valence electrons. The summed E-state index contributed by atoms with van der Waals surface area (Å²) in [6.07, 6.45) is 2.51. The quantitative estimate of drug-likeness (QED) is 0.534. The lowest BCUT2D eigenvalue weighted by Crippen LogP contribution is -2.43. The minimum Gasteiger partial charge on any atom is -0.481 e. The van der Waals surface area contributed by atoms with Gasteiger partial charge in [-0.2, -0.15) is 0 Å². The SMILES string of the molecule is O=C(O)C1CCCN(c2nc3ccc([N+](=O)[O-])cc3nc2N2CCCC(C(=O)O)C2)C1. The molecule has 0 spiro atoms. The number of carbonyl (C=O) groups is 2. The fourth-order valence-corrected chi connectivity index (χ4v) is 4.30. The van der Waals surface area contributed by atoms with Crippen LogP contribution in [0.5, 0.6) is 0 Å². The summed E-state index contributed by atoms with van der Waals surface area (Å²) in [6, 6.07) is 4.24. The Kier molecular flexibility index (Phi) is 5.57. The number of rotatable bonds is 5. The number of anilines is 2. The van der Waals surface area contributed by atoms with Crippen molar-refractivity contribution in [2.45, 2.75) is 25.7 Å². The largest absolute Gasteiger partial charge is 0.481 e. The van der Waals surface area contributed by atoms with Gasteiger partial charge in [-0.25, -0.2) is 9.97 Å². The highest BCUT2D eigenvalue weighted by Gasteiger charge is 2.32. The fourth-order valence-electron chi connectivity index (χ4n) is 4.30. The van der Waals surface area contributed by atoms with E-state index < -0.39 is 28.7 Å². The van der Waals surface area contributed by atoms with Gasteiger partial charge in [-0.3, -0.25) is 19.7 Å². The van der Waals surface area contributed by atoms with Crippen molar-refractivity contribution in [3.05, 3.63) is 28.3 Å². The second-order valence-electron chi connectivity index (χ2n) is 8.05. The van der Waals surface area contributed by atoms with Gasteiger partial charge in [0.15, 0.2) is 11.6 Å². The van der Waals surface area contributed by atoms with Gasteiger partial charge in [-0.1, -0.05) is 0 Å². The van der Waals surface area contributed by atoms with Crippen molar-refractivity contribution >= 4 is 40.3 Å². The first-order valence-corrected chi connectivity index (χ1v) is 10.2. The van der Waals surface area contributed by atoms with E-state index in [1.807, 2.05) is 9.80 Å². The number of fused-ring (bicyclic) bond motifs is 1. The molecule has 0 radical (unpaired) electrons. The summed E-state index contributed by atoms with van der Waals surface area (Å²) < 4.78 is 0. The molecule has 0 aliphatic carbocycles. The number of nitrogens with zero attached hydrogens (tertiary/aromatic N) is 5. The van der Waals surface area contributed by atoms with Gasteiger partial charge in [0.2, 0.25) is 0 Å². The van der Waals surface area contributed by atoms with E-state index in [2.05, 4.69) is 4.98 Å². The summed E-state index contributed by atoms with van der Waals surface area (Å²) in [5.74, 6) is -1.86. The predicted molar refractivity (Wildman–Crippen MR) is 111 cm³/mol. The van der Waals surface area contributed by atoms with Gasteiger partial charge < -0.3 is 20.0 Å². The van der Waals surface area contributed by atoms with Crippen LogP contribution >= 0.6 is 0 Å². The molecule has 2 aliphatic rings. The van der Waals surface area contributed by atoms with E-state index in [4.69, 9.17) is 4.98 Å². The predicted octanol–water partition coefficient (Wildman–Crippen LogP) is 2.14. The molecule has 2 aromatic rings. The Bertz CT molecular complexity index is 1040. The number of nitro groups is 1. The number of benzene rings is 1. The molecular weight excluding hydrogens is 406 g/mol. The molecule has 2 fully saturated rings. The molecule has 11 heteroatoms. The van der Waals surface area contributed by atoms with Crippen LogP contribution in [0.2, 0.25) is 0 Å². The van der Waals surface area contributed by atoms with Crippen molar-refractivity contribution in [2.75, 3.05) is 36.0 Å². The maximum absolute atomic E-state index is 11.6. The molecule has 11 nitrogen and oxygen atoms in total. The van der Waals surface area contributed by atoms with Crippen LogP contribution in [-0.4, -0.2) is 63.2 Å². The summed E-state index contributed by atoms with van der Waals surface area (Å²) >= 11 is 0. The first-order valence-electron chi connectivity index (χ1n) is 10.2. The molecule has 0 bridgehead atoms. The smallest absolute Gasteiger partial charge is 0.308 e. The second kappa shape index (κ2) is 8.32. The Hall–Kier alpha value is -3.50. The Balaban J connectivity index is 1.79. The normalized spacial score (nSPS) is 21.8. The minimum absolute atomic E-state index is 0.105. The number of aliphatic carboxylic acids is 2. The molecule has 3 heterocycles. The van der Waals surface area contributed by atoms with E-state index in [0.717, 1.165) is 0 Å². The van der Waals surface area contributed by atoms with Crippen LogP contribution in [0.15, 0.2) is 18.2 Å². The van der Waals surface area contributed by atoms with E-state index in [1.165, 1.54) is 18.2 Å². The van der Waals surface area contributed by atoms with Crippen molar-refractivity contribution in [2.24, 2.45) is 11.8 Å². The molecule has 0 amide bonds. The van der Waals surface area contributed by atoms with Crippen LogP contribution < -0.4 is 9.80 Å². The zero-order valence-corrected chi connectivity index (χ0v) is 16.8. The molecule has 2 atom stereocenters. The van der Waals surface area contributed by atoms with Gasteiger partial charge in [0, 0.05) is 38.3 Å². The molecule has 2 saturated heterocycles. The maximum atomic E-state index is 11.6. The Morgan fingerprint density at radius 1 is 0.935 bits per heavy atom. The zero-order valence-electron chi connectivity index (χ0n) is 16.8. The van der Waals surface area contributed by atoms with E-state index in [-0.39, 0.29) is 18.8 Å². The van der Waals surface area contributed by atoms with Crippen LogP contribution in [0.25, 0.3) is 11.0 Å². The lowest BCUT2D eigenvalue weighted by atomic mass is 9.97. The standard InChI is InChI=1S/C20H23N5O6/c26-19(27)12-3-1-7-23(10-12)17-18(24-8-2-4-13(11-24)20(28)29)22-16-9-14(25(30)31)5-6-15(16)21-17/h5-6,9,12-13H,1-4,7-8,10-11H2,(H,26,27)(H,28,29). The Labute approximate surface area is 177 Å². The highest BCUT2D eigenvalue weighted by Crippen LogP contribution is 2.34. The lowest BCUT2D eigenvalue weighted by Gasteiger charge is -2.37. The van der Waals surface area contributed by atoms with E-state index in [1.54, 1.807) is 0 Å². The van der Waals surface area contributed by atoms with Gasteiger partial charge in [-0.05, 0) is 31.7 Å². The van der Waals surface area contributed by atoms with Crippen molar-refractivity contribution in [1.29, 1.82) is 0 Å². The molecule has 0 saturated carbocycles. The molecule has 2 N–H and O–H groups in total. The third kappa shape index (κ3) is 4.21. The number of hydrogen-bond donors (Lipinski definition) is 2. The van der Waals surface area contributed by atoms with Crippen molar-refractivity contribution in [1.82, 2.24) is 9.97 Å². The van der Waals surface area contributed by atoms with Crippen LogP contribution in [0.1, 0.15) is 25.7 Å². The monoisotopic (exact) mass is 429 g/mol. The Morgan fingerprint density at radius 3 is 1.94 bits per heavy atom. The number of aromatic nitrogens is 2.